The van der Waals surface area contributed by atoms with Crippen LogP contribution in [0.3, 0.4) is 0 Å². The Hall–Kier alpha value is -1.06. The Morgan fingerprint density at radius 2 is 2.25 bits per heavy atom. The maximum atomic E-state index is 6.21. The Morgan fingerprint density at radius 3 is 2.95 bits per heavy atom. The molecule has 0 aromatic heterocycles. The summed E-state index contributed by atoms with van der Waals surface area (Å²) in [7, 11) is 0. The van der Waals surface area contributed by atoms with Crippen molar-refractivity contribution in [2.75, 3.05) is 19.8 Å². The van der Waals surface area contributed by atoms with Crippen LogP contribution >= 0.6 is 0 Å². The lowest BCUT2D eigenvalue weighted by molar-refractivity contribution is 0.00672. The average molecular weight is 277 g/mol. The topological polar surface area (TPSA) is 30.5 Å². The lowest BCUT2D eigenvalue weighted by atomic mass is 10.1. The van der Waals surface area contributed by atoms with Gasteiger partial charge in [-0.25, -0.2) is 0 Å². The molecule has 1 aromatic carbocycles. The first-order valence-corrected chi connectivity index (χ1v) is 7.70. The molecule has 0 amide bonds. The van der Waals surface area contributed by atoms with Crippen molar-refractivity contribution < 1.29 is 9.47 Å². The van der Waals surface area contributed by atoms with E-state index in [4.69, 9.17) is 9.47 Å². The van der Waals surface area contributed by atoms with Crippen molar-refractivity contribution in [3.63, 3.8) is 0 Å². The van der Waals surface area contributed by atoms with Crippen molar-refractivity contribution >= 4 is 0 Å². The molecule has 1 atom stereocenters. The highest BCUT2D eigenvalue weighted by Crippen LogP contribution is 2.26. The molecule has 1 fully saturated rings. The van der Waals surface area contributed by atoms with E-state index in [0.717, 1.165) is 38.3 Å². The summed E-state index contributed by atoms with van der Waals surface area (Å²) in [5.74, 6) is 1.70. The summed E-state index contributed by atoms with van der Waals surface area (Å²) in [5.41, 5.74) is 2.45. The molecule has 112 valence electrons. The molecule has 1 unspecified atom stereocenters. The summed E-state index contributed by atoms with van der Waals surface area (Å²) in [6.07, 6.45) is 2.39. The minimum Gasteiger partial charge on any atom is -0.487 e. The van der Waals surface area contributed by atoms with Crippen molar-refractivity contribution in [3.05, 3.63) is 29.3 Å². The Kier molecular flexibility index (Phi) is 5.86. The van der Waals surface area contributed by atoms with Gasteiger partial charge < -0.3 is 14.8 Å². The van der Waals surface area contributed by atoms with E-state index in [1.807, 2.05) is 0 Å². The second-order valence-corrected chi connectivity index (χ2v) is 6.04. The zero-order chi connectivity index (χ0) is 14.4. The van der Waals surface area contributed by atoms with E-state index in [1.165, 1.54) is 11.1 Å². The zero-order valence-electron chi connectivity index (χ0n) is 12.9. The van der Waals surface area contributed by atoms with Gasteiger partial charge in [0.1, 0.15) is 11.9 Å². The fraction of sp³-hybridized carbons (Fsp3) is 0.647. The molecule has 1 N–H and O–H groups in total. The molecular formula is C17H27NO2. The van der Waals surface area contributed by atoms with Gasteiger partial charge in [-0.15, -0.1) is 0 Å². The fourth-order valence-electron chi connectivity index (χ4n) is 2.49. The van der Waals surface area contributed by atoms with E-state index in [0.29, 0.717) is 12.5 Å². The zero-order valence-corrected chi connectivity index (χ0v) is 12.9. The summed E-state index contributed by atoms with van der Waals surface area (Å²) >= 11 is 0. The second kappa shape index (κ2) is 7.65. The maximum Gasteiger partial charge on any atom is 0.127 e. The number of hydrogen-bond donors (Lipinski definition) is 1. The van der Waals surface area contributed by atoms with Crippen LogP contribution in [0.5, 0.6) is 5.75 Å². The lowest BCUT2D eigenvalue weighted by Crippen LogP contribution is -2.29. The van der Waals surface area contributed by atoms with Crippen LogP contribution in [0.4, 0.5) is 0 Å². The smallest absolute Gasteiger partial charge is 0.127 e. The monoisotopic (exact) mass is 277 g/mol. The van der Waals surface area contributed by atoms with Gasteiger partial charge in [0.05, 0.1) is 6.61 Å². The minimum atomic E-state index is 0.202. The Balaban J connectivity index is 2.01. The highest BCUT2D eigenvalue weighted by Gasteiger charge is 2.18. The van der Waals surface area contributed by atoms with Gasteiger partial charge >= 0.3 is 0 Å². The molecule has 0 bridgehead atoms. The third-order valence-corrected chi connectivity index (χ3v) is 3.56. The van der Waals surface area contributed by atoms with E-state index in [-0.39, 0.29) is 6.10 Å². The molecule has 1 aliphatic rings. The normalized spacial score (nSPS) is 19.3. The highest BCUT2D eigenvalue weighted by molar-refractivity contribution is 5.40. The van der Waals surface area contributed by atoms with Crippen molar-refractivity contribution in [2.45, 2.75) is 46.3 Å². The van der Waals surface area contributed by atoms with Gasteiger partial charge in [0, 0.05) is 18.7 Å². The molecule has 0 radical (unpaired) electrons. The highest BCUT2D eigenvalue weighted by atomic mass is 16.5. The molecule has 0 saturated carbocycles. The number of nitrogens with one attached hydrogen (secondary N) is 1. The fourth-order valence-corrected chi connectivity index (χ4v) is 2.49. The van der Waals surface area contributed by atoms with Gasteiger partial charge in [-0.2, -0.15) is 0 Å². The SMILES string of the molecule is Cc1cccc(CNCC(C)C)c1OC1CCCOC1. The van der Waals surface area contributed by atoms with Crippen LogP contribution in [0.2, 0.25) is 0 Å². The number of hydrogen-bond acceptors (Lipinski definition) is 3. The molecule has 3 nitrogen and oxygen atoms in total. The molecule has 1 saturated heterocycles. The molecule has 3 heteroatoms. The molecule has 2 rings (SSSR count). The van der Waals surface area contributed by atoms with Crippen molar-refractivity contribution in [1.29, 1.82) is 0 Å². The van der Waals surface area contributed by atoms with Crippen LogP contribution in [0, 0.1) is 12.8 Å². The molecule has 1 aromatic rings. The standard InChI is InChI=1S/C17H27NO2/c1-13(2)10-18-11-15-7-4-6-14(3)17(15)20-16-8-5-9-19-12-16/h4,6-7,13,16,18H,5,8-12H2,1-3H3. The van der Waals surface area contributed by atoms with E-state index in [2.05, 4.69) is 44.3 Å². The first-order valence-electron chi connectivity index (χ1n) is 7.70. The molecule has 0 aliphatic carbocycles. The summed E-state index contributed by atoms with van der Waals surface area (Å²) in [6, 6.07) is 6.37. The third kappa shape index (κ3) is 4.50. The van der Waals surface area contributed by atoms with Crippen LogP contribution in [0.1, 0.15) is 37.8 Å². The predicted molar refractivity (Wildman–Crippen MR) is 82.2 cm³/mol. The van der Waals surface area contributed by atoms with Gasteiger partial charge in [-0.1, -0.05) is 32.0 Å². The number of ether oxygens (including phenoxy) is 2. The molecule has 20 heavy (non-hydrogen) atoms. The van der Waals surface area contributed by atoms with Gasteiger partial charge in [0.2, 0.25) is 0 Å². The number of aryl methyl sites for hydroxylation is 1. The van der Waals surface area contributed by atoms with E-state index < -0.39 is 0 Å². The van der Waals surface area contributed by atoms with E-state index in [9.17, 15) is 0 Å². The van der Waals surface area contributed by atoms with Crippen LogP contribution in [-0.2, 0) is 11.3 Å². The molecular weight excluding hydrogens is 250 g/mol. The molecule has 1 heterocycles. The maximum absolute atomic E-state index is 6.21. The lowest BCUT2D eigenvalue weighted by Gasteiger charge is -2.25. The van der Waals surface area contributed by atoms with Crippen LogP contribution in [0.15, 0.2) is 18.2 Å². The van der Waals surface area contributed by atoms with Crippen molar-refractivity contribution in [1.82, 2.24) is 5.32 Å². The van der Waals surface area contributed by atoms with Gasteiger partial charge in [0.15, 0.2) is 0 Å². The number of para-hydroxylation sites is 1. The summed E-state index contributed by atoms with van der Waals surface area (Å²) in [6.45, 7) is 10.0. The van der Waals surface area contributed by atoms with E-state index in [1.54, 1.807) is 0 Å². The largest absolute Gasteiger partial charge is 0.487 e. The van der Waals surface area contributed by atoms with E-state index >= 15 is 0 Å². The quantitative estimate of drug-likeness (QED) is 0.865. The van der Waals surface area contributed by atoms with Gasteiger partial charge in [-0.05, 0) is 37.8 Å². The Bertz CT molecular complexity index is 411. The first-order chi connectivity index (χ1) is 9.66. The first kappa shape index (κ1) is 15.3. The van der Waals surface area contributed by atoms with Gasteiger partial charge in [-0.3, -0.25) is 0 Å². The average Bonchev–Trinajstić information content (AvgIpc) is 2.43. The summed E-state index contributed by atoms with van der Waals surface area (Å²) < 4.78 is 11.7. The summed E-state index contributed by atoms with van der Waals surface area (Å²) in [5, 5.41) is 3.49. The van der Waals surface area contributed by atoms with Crippen LogP contribution < -0.4 is 10.1 Å². The second-order valence-electron chi connectivity index (χ2n) is 6.04. The Labute approximate surface area is 122 Å². The number of rotatable bonds is 6. The van der Waals surface area contributed by atoms with Gasteiger partial charge in [0.25, 0.3) is 0 Å². The van der Waals surface area contributed by atoms with Crippen molar-refractivity contribution in [3.8, 4) is 5.75 Å². The van der Waals surface area contributed by atoms with Crippen molar-refractivity contribution in [2.24, 2.45) is 5.92 Å². The summed E-state index contributed by atoms with van der Waals surface area (Å²) in [4.78, 5) is 0. The Morgan fingerprint density at radius 1 is 1.40 bits per heavy atom. The minimum absolute atomic E-state index is 0.202. The molecule has 1 aliphatic heterocycles. The molecule has 0 spiro atoms. The van der Waals surface area contributed by atoms with Crippen LogP contribution in [-0.4, -0.2) is 25.9 Å². The number of benzene rings is 1. The third-order valence-electron chi connectivity index (χ3n) is 3.56. The van der Waals surface area contributed by atoms with Crippen LogP contribution in [0.25, 0.3) is 0 Å². The predicted octanol–water partition coefficient (Wildman–Crippen LogP) is 3.30.